The van der Waals surface area contributed by atoms with Crippen LogP contribution in [-0.2, 0) is 19.1 Å². The normalized spacial score (nSPS) is 14.0. The van der Waals surface area contributed by atoms with Crippen molar-refractivity contribution in [2.75, 3.05) is 6.61 Å². The number of hydrogen-bond donors (Lipinski definition) is 0. The van der Waals surface area contributed by atoms with Crippen molar-refractivity contribution in [1.82, 2.24) is 0 Å². The van der Waals surface area contributed by atoms with Gasteiger partial charge < -0.3 is 9.47 Å². The van der Waals surface area contributed by atoms with Crippen LogP contribution in [0.1, 0.15) is 26.7 Å². The lowest BCUT2D eigenvalue weighted by atomic mass is 10.1. The standard InChI is InChI=1S/C11H14F6O4/c1-3-6(2)8(19)20-5-4-7(18)21-9(10(12,13)14)11(15,16)17/h6,9H,3-5H2,1-2H3. The lowest BCUT2D eigenvalue weighted by Gasteiger charge is -2.22. The third-order valence-corrected chi connectivity index (χ3v) is 2.41. The number of alkyl halides is 6. The topological polar surface area (TPSA) is 52.6 Å². The number of hydrogen-bond acceptors (Lipinski definition) is 4. The van der Waals surface area contributed by atoms with E-state index in [0.29, 0.717) is 6.42 Å². The Morgan fingerprint density at radius 1 is 1.05 bits per heavy atom. The second-order valence-electron chi connectivity index (χ2n) is 4.18. The van der Waals surface area contributed by atoms with E-state index in [2.05, 4.69) is 9.47 Å². The minimum Gasteiger partial charge on any atom is -0.465 e. The van der Waals surface area contributed by atoms with Crippen LogP contribution in [0.25, 0.3) is 0 Å². The van der Waals surface area contributed by atoms with Gasteiger partial charge in [0.2, 0.25) is 0 Å². The summed E-state index contributed by atoms with van der Waals surface area (Å²) in [6.45, 7) is 2.55. The highest BCUT2D eigenvalue weighted by Gasteiger charge is 2.59. The number of rotatable bonds is 6. The molecule has 1 unspecified atom stereocenters. The minimum atomic E-state index is -5.76. The second kappa shape index (κ2) is 7.51. The molecular weight excluding hydrogens is 310 g/mol. The Bertz CT molecular complexity index is 349. The van der Waals surface area contributed by atoms with Crippen molar-refractivity contribution in [3.8, 4) is 0 Å². The maximum absolute atomic E-state index is 12.1. The lowest BCUT2D eigenvalue weighted by molar-refractivity contribution is -0.313. The number of halogens is 6. The van der Waals surface area contributed by atoms with Gasteiger partial charge in [-0.2, -0.15) is 26.3 Å². The summed E-state index contributed by atoms with van der Waals surface area (Å²) in [7, 11) is 0. The van der Waals surface area contributed by atoms with Gasteiger partial charge in [-0.05, 0) is 6.42 Å². The summed E-state index contributed by atoms with van der Waals surface area (Å²) in [4.78, 5) is 22.1. The summed E-state index contributed by atoms with van der Waals surface area (Å²) in [6.07, 6.45) is -16.2. The first-order valence-electron chi connectivity index (χ1n) is 5.89. The van der Waals surface area contributed by atoms with E-state index in [4.69, 9.17) is 0 Å². The van der Waals surface area contributed by atoms with E-state index in [1.54, 1.807) is 6.92 Å². The number of carbonyl (C=O) groups is 2. The smallest absolute Gasteiger partial charge is 0.434 e. The summed E-state index contributed by atoms with van der Waals surface area (Å²) in [6, 6.07) is 0. The van der Waals surface area contributed by atoms with Crippen LogP contribution in [0.5, 0.6) is 0 Å². The van der Waals surface area contributed by atoms with E-state index < -0.39 is 49.3 Å². The molecule has 0 aromatic heterocycles. The van der Waals surface area contributed by atoms with Gasteiger partial charge >= 0.3 is 24.3 Å². The number of esters is 2. The fourth-order valence-electron chi connectivity index (χ4n) is 1.05. The highest BCUT2D eigenvalue weighted by molar-refractivity contribution is 5.73. The monoisotopic (exact) mass is 324 g/mol. The van der Waals surface area contributed by atoms with Crippen molar-refractivity contribution < 1.29 is 45.4 Å². The first-order valence-corrected chi connectivity index (χ1v) is 5.89. The average Bonchev–Trinajstić information content (AvgIpc) is 2.32. The van der Waals surface area contributed by atoms with Crippen LogP contribution in [0.4, 0.5) is 26.3 Å². The van der Waals surface area contributed by atoms with E-state index >= 15 is 0 Å². The van der Waals surface area contributed by atoms with Gasteiger partial charge in [0, 0.05) is 0 Å². The number of ether oxygens (including phenoxy) is 2. The highest BCUT2D eigenvalue weighted by Crippen LogP contribution is 2.35. The summed E-state index contributed by atoms with van der Waals surface area (Å²) >= 11 is 0. The Hall–Kier alpha value is -1.48. The summed E-state index contributed by atoms with van der Waals surface area (Å²) in [5, 5.41) is 0. The minimum absolute atomic E-state index is 0.438. The lowest BCUT2D eigenvalue weighted by Crippen LogP contribution is -2.45. The second-order valence-corrected chi connectivity index (χ2v) is 4.18. The predicted molar refractivity (Wildman–Crippen MR) is 57.0 cm³/mol. The zero-order chi connectivity index (χ0) is 16.8. The van der Waals surface area contributed by atoms with E-state index in [-0.39, 0.29) is 0 Å². The molecule has 0 heterocycles. The molecule has 0 fully saturated rings. The van der Waals surface area contributed by atoms with Crippen molar-refractivity contribution >= 4 is 11.9 Å². The molecule has 0 saturated carbocycles. The first-order chi connectivity index (χ1) is 9.39. The summed E-state index contributed by atoms with van der Waals surface area (Å²) in [5.74, 6) is -2.95. The summed E-state index contributed by atoms with van der Waals surface area (Å²) in [5.41, 5.74) is 0. The molecule has 124 valence electrons. The molecule has 4 nitrogen and oxygen atoms in total. The van der Waals surface area contributed by atoms with Crippen LogP contribution < -0.4 is 0 Å². The molecular formula is C11H14F6O4. The van der Waals surface area contributed by atoms with Gasteiger partial charge in [-0.3, -0.25) is 9.59 Å². The predicted octanol–water partition coefficient (Wildman–Crippen LogP) is 3.00. The molecule has 0 aromatic rings. The highest BCUT2D eigenvalue weighted by atomic mass is 19.4. The Kier molecular flexibility index (Phi) is 6.98. The van der Waals surface area contributed by atoms with Gasteiger partial charge in [-0.1, -0.05) is 13.8 Å². The Morgan fingerprint density at radius 2 is 1.52 bits per heavy atom. The molecule has 0 aliphatic carbocycles. The van der Waals surface area contributed by atoms with Crippen molar-refractivity contribution in [3.63, 3.8) is 0 Å². The average molecular weight is 324 g/mol. The molecule has 10 heteroatoms. The van der Waals surface area contributed by atoms with Crippen LogP contribution in [0, 0.1) is 5.92 Å². The molecule has 1 atom stereocenters. The molecule has 0 aromatic carbocycles. The molecule has 0 spiro atoms. The van der Waals surface area contributed by atoms with Crippen molar-refractivity contribution in [2.45, 2.75) is 45.1 Å². The van der Waals surface area contributed by atoms with Crippen LogP contribution >= 0.6 is 0 Å². The molecule has 0 saturated heterocycles. The van der Waals surface area contributed by atoms with E-state index in [1.165, 1.54) is 6.92 Å². The number of carbonyl (C=O) groups excluding carboxylic acids is 2. The fraction of sp³-hybridized carbons (Fsp3) is 0.818. The molecule has 0 radical (unpaired) electrons. The van der Waals surface area contributed by atoms with Gasteiger partial charge in [-0.15, -0.1) is 0 Å². The fourth-order valence-corrected chi connectivity index (χ4v) is 1.05. The van der Waals surface area contributed by atoms with Crippen molar-refractivity contribution in [3.05, 3.63) is 0 Å². The van der Waals surface area contributed by atoms with Gasteiger partial charge in [-0.25, -0.2) is 0 Å². The molecule has 0 aliphatic heterocycles. The molecule has 0 rings (SSSR count). The van der Waals surface area contributed by atoms with Gasteiger partial charge in [0.25, 0.3) is 6.10 Å². The van der Waals surface area contributed by atoms with E-state index in [9.17, 15) is 35.9 Å². The Labute approximate surface area is 116 Å². The van der Waals surface area contributed by atoms with Gasteiger partial charge in [0.1, 0.15) is 6.61 Å². The maximum Gasteiger partial charge on any atom is 0.434 e. The van der Waals surface area contributed by atoms with Crippen LogP contribution in [0.3, 0.4) is 0 Å². The van der Waals surface area contributed by atoms with Crippen LogP contribution in [0.2, 0.25) is 0 Å². The molecule has 0 N–H and O–H groups in total. The molecule has 0 aliphatic rings. The quantitative estimate of drug-likeness (QED) is 0.557. The zero-order valence-corrected chi connectivity index (χ0v) is 11.2. The third kappa shape index (κ3) is 7.19. The van der Waals surface area contributed by atoms with Gasteiger partial charge in [0.15, 0.2) is 0 Å². The SMILES string of the molecule is CCC(C)C(=O)OCCC(=O)OC(C(F)(F)F)C(F)(F)F. The first kappa shape index (κ1) is 19.5. The van der Waals surface area contributed by atoms with Crippen molar-refractivity contribution in [2.24, 2.45) is 5.92 Å². The zero-order valence-electron chi connectivity index (χ0n) is 11.2. The maximum atomic E-state index is 12.1. The van der Waals surface area contributed by atoms with E-state index in [1.807, 2.05) is 0 Å². The Balaban J connectivity index is 4.39. The van der Waals surface area contributed by atoms with Crippen LogP contribution in [-0.4, -0.2) is 37.0 Å². The molecule has 0 bridgehead atoms. The third-order valence-electron chi connectivity index (χ3n) is 2.41. The van der Waals surface area contributed by atoms with Gasteiger partial charge in [0.05, 0.1) is 12.3 Å². The Morgan fingerprint density at radius 3 is 1.90 bits per heavy atom. The molecule has 0 amide bonds. The largest absolute Gasteiger partial charge is 0.465 e. The van der Waals surface area contributed by atoms with Crippen molar-refractivity contribution in [1.29, 1.82) is 0 Å². The summed E-state index contributed by atoms with van der Waals surface area (Å²) < 4.78 is 80.5. The molecule has 21 heavy (non-hydrogen) atoms. The van der Waals surface area contributed by atoms with Crippen LogP contribution in [0.15, 0.2) is 0 Å². The van der Waals surface area contributed by atoms with E-state index in [0.717, 1.165) is 0 Å².